The Morgan fingerprint density at radius 1 is 1.21 bits per heavy atom. The predicted molar refractivity (Wildman–Crippen MR) is 111 cm³/mol. The molecule has 2 aromatic carbocycles. The van der Waals surface area contributed by atoms with Gasteiger partial charge in [-0.15, -0.1) is 11.8 Å². The first-order valence-electron chi connectivity index (χ1n) is 9.17. The molecule has 0 saturated carbocycles. The van der Waals surface area contributed by atoms with Crippen molar-refractivity contribution in [2.45, 2.75) is 30.3 Å². The molecule has 1 saturated heterocycles. The van der Waals surface area contributed by atoms with E-state index >= 15 is 0 Å². The van der Waals surface area contributed by atoms with Crippen molar-refractivity contribution in [3.05, 3.63) is 72.1 Å². The fourth-order valence-electron chi connectivity index (χ4n) is 3.37. The summed E-state index contributed by atoms with van der Waals surface area (Å²) in [5.41, 5.74) is 3.03. The molecule has 0 aliphatic carbocycles. The van der Waals surface area contributed by atoms with Crippen molar-refractivity contribution in [2.24, 2.45) is 0 Å². The number of hydrogen-bond acceptors (Lipinski definition) is 5. The highest BCUT2D eigenvalue weighted by Crippen LogP contribution is 2.34. The standard InChI is InChI=1S/C22H21N3O2S/c1-3-15-4-6-16(7-5-15)14-25-19(12-13-20(25)26)22-23-21(24-27-22)17-8-10-18(28-2)11-9-17/h3-11,19H,1,12-14H2,2H3. The molecule has 0 radical (unpaired) electrons. The van der Waals surface area contributed by atoms with E-state index in [-0.39, 0.29) is 11.9 Å². The molecule has 3 aromatic rings. The van der Waals surface area contributed by atoms with E-state index in [1.807, 2.05) is 59.7 Å². The zero-order valence-electron chi connectivity index (χ0n) is 15.7. The van der Waals surface area contributed by atoms with Crippen LogP contribution in [0, 0.1) is 0 Å². The molecular formula is C22H21N3O2S. The minimum Gasteiger partial charge on any atom is -0.337 e. The van der Waals surface area contributed by atoms with E-state index in [4.69, 9.17) is 4.52 Å². The highest BCUT2D eigenvalue weighted by Gasteiger charge is 2.36. The van der Waals surface area contributed by atoms with Crippen molar-refractivity contribution < 1.29 is 9.32 Å². The molecule has 4 rings (SSSR count). The van der Waals surface area contributed by atoms with Crippen molar-refractivity contribution in [1.29, 1.82) is 0 Å². The molecule has 1 amide bonds. The van der Waals surface area contributed by atoms with E-state index in [0.717, 1.165) is 16.7 Å². The number of likely N-dealkylation sites (tertiary alicyclic amines) is 1. The summed E-state index contributed by atoms with van der Waals surface area (Å²) >= 11 is 1.69. The van der Waals surface area contributed by atoms with Gasteiger partial charge in [0.1, 0.15) is 6.04 Å². The van der Waals surface area contributed by atoms with Crippen molar-refractivity contribution >= 4 is 23.7 Å². The van der Waals surface area contributed by atoms with Crippen LogP contribution < -0.4 is 0 Å². The number of hydrogen-bond donors (Lipinski definition) is 0. The summed E-state index contributed by atoms with van der Waals surface area (Å²) in [5, 5.41) is 4.13. The largest absolute Gasteiger partial charge is 0.337 e. The van der Waals surface area contributed by atoms with Crippen molar-refractivity contribution in [2.75, 3.05) is 6.26 Å². The Morgan fingerprint density at radius 2 is 1.96 bits per heavy atom. The van der Waals surface area contributed by atoms with E-state index in [1.165, 1.54) is 4.90 Å². The molecule has 1 unspecified atom stereocenters. The Balaban J connectivity index is 1.54. The lowest BCUT2D eigenvalue weighted by molar-refractivity contribution is -0.129. The van der Waals surface area contributed by atoms with Crippen molar-refractivity contribution in [1.82, 2.24) is 15.0 Å². The smallest absolute Gasteiger partial charge is 0.249 e. The fourth-order valence-corrected chi connectivity index (χ4v) is 3.78. The van der Waals surface area contributed by atoms with Crippen LogP contribution in [0.4, 0.5) is 0 Å². The van der Waals surface area contributed by atoms with Gasteiger partial charge in [-0.05, 0) is 48.1 Å². The van der Waals surface area contributed by atoms with Crippen LogP contribution in [-0.4, -0.2) is 27.2 Å². The summed E-state index contributed by atoms with van der Waals surface area (Å²) in [4.78, 5) is 20.0. The van der Waals surface area contributed by atoms with Crippen LogP contribution in [0.1, 0.15) is 35.9 Å². The maximum absolute atomic E-state index is 12.5. The number of rotatable bonds is 6. The summed E-state index contributed by atoms with van der Waals surface area (Å²) in [6.07, 6.45) is 5.03. The molecule has 1 aliphatic heterocycles. The zero-order chi connectivity index (χ0) is 19.5. The molecule has 1 aliphatic rings. The molecule has 6 heteroatoms. The van der Waals surface area contributed by atoms with E-state index in [0.29, 0.717) is 31.1 Å². The summed E-state index contributed by atoms with van der Waals surface area (Å²) < 4.78 is 5.54. The van der Waals surface area contributed by atoms with Crippen molar-refractivity contribution in [3.63, 3.8) is 0 Å². The minimum atomic E-state index is -0.182. The Bertz CT molecular complexity index is 980. The van der Waals surface area contributed by atoms with Crippen LogP contribution in [0.2, 0.25) is 0 Å². The average molecular weight is 391 g/mol. The second-order valence-corrected chi connectivity index (χ2v) is 7.59. The van der Waals surface area contributed by atoms with E-state index in [1.54, 1.807) is 17.8 Å². The number of nitrogens with zero attached hydrogens (tertiary/aromatic N) is 3. The normalized spacial score (nSPS) is 16.5. The number of amides is 1. The van der Waals surface area contributed by atoms with Gasteiger partial charge < -0.3 is 9.42 Å². The van der Waals surface area contributed by atoms with Gasteiger partial charge >= 0.3 is 0 Å². The lowest BCUT2D eigenvalue weighted by atomic mass is 10.1. The number of aromatic nitrogens is 2. The molecule has 1 atom stereocenters. The third-order valence-corrected chi connectivity index (χ3v) is 5.72. The molecule has 0 N–H and O–H groups in total. The maximum atomic E-state index is 12.5. The molecule has 0 bridgehead atoms. The number of carbonyl (C=O) groups is 1. The lowest BCUT2D eigenvalue weighted by Crippen LogP contribution is -2.27. The van der Waals surface area contributed by atoms with E-state index in [9.17, 15) is 4.79 Å². The second-order valence-electron chi connectivity index (χ2n) is 6.71. The first kappa shape index (κ1) is 18.5. The summed E-state index contributed by atoms with van der Waals surface area (Å²) in [6.45, 7) is 4.30. The summed E-state index contributed by atoms with van der Waals surface area (Å²) in [6, 6.07) is 15.9. The maximum Gasteiger partial charge on any atom is 0.249 e. The molecule has 1 fully saturated rings. The monoisotopic (exact) mass is 391 g/mol. The third-order valence-electron chi connectivity index (χ3n) is 4.97. The predicted octanol–water partition coefficient (Wildman–Crippen LogP) is 4.97. The highest BCUT2D eigenvalue weighted by molar-refractivity contribution is 7.98. The van der Waals surface area contributed by atoms with Crippen LogP contribution in [-0.2, 0) is 11.3 Å². The summed E-state index contributed by atoms with van der Waals surface area (Å²) in [7, 11) is 0. The first-order chi connectivity index (χ1) is 13.7. The third kappa shape index (κ3) is 3.73. The lowest BCUT2D eigenvalue weighted by Gasteiger charge is -2.22. The molecule has 142 valence electrons. The quantitative estimate of drug-likeness (QED) is 0.556. The molecule has 2 heterocycles. The van der Waals surface area contributed by atoms with E-state index < -0.39 is 0 Å². The average Bonchev–Trinajstić information content (AvgIpc) is 3.36. The van der Waals surface area contributed by atoms with Gasteiger partial charge in [0.2, 0.25) is 17.6 Å². The Kier molecular flexibility index (Phi) is 5.30. The van der Waals surface area contributed by atoms with Gasteiger partial charge in [-0.2, -0.15) is 4.98 Å². The topological polar surface area (TPSA) is 59.2 Å². The molecular weight excluding hydrogens is 370 g/mol. The van der Waals surface area contributed by atoms with Crippen LogP contribution in [0.15, 0.2) is 64.5 Å². The van der Waals surface area contributed by atoms with Gasteiger partial charge in [0.05, 0.1) is 0 Å². The molecule has 5 nitrogen and oxygen atoms in total. The number of carbonyl (C=O) groups excluding carboxylic acids is 1. The molecule has 1 aromatic heterocycles. The van der Waals surface area contributed by atoms with Gasteiger partial charge in [-0.25, -0.2) is 0 Å². The Morgan fingerprint density at radius 3 is 2.64 bits per heavy atom. The minimum absolute atomic E-state index is 0.113. The Hall–Kier alpha value is -2.86. The Labute approximate surface area is 168 Å². The molecule has 28 heavy (non-hydrogen) atoms. The van der Waals surface area contributed by atoms with E-state index in [2.05, 4.69) is 16.7 Å². The first-order valence-corrected chi connectivity index (χ1v) is 10.4. The second kappa shape index (κ2) is 8.02. The zero-order valence-corrected chi connectivity index (χ0v) is 16.5. The van der Waals surface area contributed by atoms with Crippen LogP contribution in [0.25, 0.3) is 17.5 Å². The number of benzene rings is 2. The van der Waals surface area contributed by atoms with Gasteiger partial charge in [0, 0.05) is 23.4 Å². The van der Waals surface area contributed by atoms with Gasteiger partial charge in [0.25, 0.3) is 0 Å². The van der Waals surface area contributed by atoms with Gasteiger partial charge in [0.15, 0.2) is 0 Å². The van der Waals surface area contributed by atoms with Crippen LogP contribution in [0.5, 0.6) is 0 Å². The van der Waals surface area contributed by atoms with Crippen LogP contribution >= 0.6 is 11.8 Å². The highest BCUT2D eigenvalue weighted by atomic mass is 32.2. The number of thioether (sulfide) groups is 1. The summed E-state index contributed by atoms with van der Waals surface area (Å²) in [5.74, 6) is 1.16. The molecule has 0 spiro atoms. The van der Waals surface area contributed by atoms with Crippen molar-refractivity contribution in [3.8, 4) is 11.4 Å². The SMILES string of the molecule is C=Cc1ccc(CN2C(=O)CCC2c2nc(-c3ccc(SC)cc3)no2)cc1. The fraction of sp³-hybridized carbons (Fsp3) is 0.227. The van der Waals surface area contributed by atoms with Gasteiger partial charge in [-0.3, -0.25) is 4.79 Å². The van der Waals surface area contributed by atoms with Gasteiger partial charge in [-0.1, -0.05) is 42.1 Å². The van der Waals surface area contributed by atoms with Crippen LogP contribution in [0.3, 0.4) is 0 Å².